The first-order valence-corrected chi connectivity index (χ1v) is 7.92. The zero-order valence-corrected chi connectivity index (χ0v) is 13.9. The van der Waals surface area contributed by atoms with E-state index < -0.39 is 6.09 Å². The van der Waals surface area contributed by atoms with Gasteiger partial charge in [0, 0.05) is 13.2 Å². The van der Waals surface area contributed by atoms with E-state index in [-0.39, 0.29) is 35.6 Å². The van der Waals surface area contributed by atoms with Gasteiger partial charge in [0.15, 0.2) is 11.0 Å². The first-order valence-electron chi connectivity index (χ1n) is 7.54. The maximum atomic E-state index is 12.3. The van der Waals surface area contributed by atoms with Crippen LogP contribution in [0.1, 0.15) is 36.1 Å². The number of aromatic amines is 1. The summed E-state index contributed by atoms with van der Waals surface area (Å²) in [6, 6.07) is -0.270. The maximum absolute atomic E-state index is 12.3. The smallest absolute Gasteiger partial charge is 0.407 e. The molecule has 1 aromatic heterocycles. The van der Waals surface area contributed by atoms with Gasteiger partial charge in [-0.15, -0.1) is 0 Å². The number of hydrogen-bond acceptors (Lipinski definition) is 4. The summed E-state index contributed by atoms with van der Waals surface area (Å²) in [7, 11) is 0. The molecule has 1 saturated heterocycles. The Morgan fingerprint density at radius 2 is 2.30 bits per heavy atom. The van der Waals surface area contributed by atoms with Crippen molar-refractivity contribution in [2.24, 2.45) is 0 Å². The normalized spacial score (nSPS) is 21.3. The van der Waals surface area contributed by atoms with Crippen LogP contribution in [0.3, 0.4) is 0 Å². The van der Waals surface area contributed by atoms with Crippen molar-refractivity contribution in [2.45, 2.75) is 38.8 Å². The fourth-order valence-corrected chi connectivity index (χ4v) is 2.61. The summed E-state index contributed by atoms with van der Waals surface area (Å²) >= 11 is 5.85. The highest BCUT2D eigenvalue weighted by molar-refractivity contribution is 6.30. The van der Waals surface area contributed by atoms with Gasteiger partial charge < -0.3 is 25.0 Å². The summed E-state index contributed by atoms with van der Waals surface area (Å²) in [5.74, 6) is -0.235. The van der Waals surface area contributed by atoms with Crippen molar-refractivity contribution < 1.29 is 19.4 Å². The minimum Gasteiger partial charge on any atom is -0.465 e. The lowest BCUT2D eigenvalue weighted by Gasteiger charge is -2.37. The van der Waals surface area contributed by atoms with Gasteiger partial charge in [0.2, 0.25) is 0 Å². The molecule has 9 heteroatoms. The summed E-state index contributed by atoms with van der Waals surface area (Å²) < 4.78 is 5.71. The highest BCUT2D eigenvalue weighted by Crippen LogP contribution is 2.16. The van der Waals surface area contributed by atoms with Crippen LogP contribution < -0.4 is 5.32 Å². The predicted molar refractivity (Wildman–Crippen MR) is 83.8 cm³/mol. The van der Waals surface area contributed by atoms with Crippen molar-refractivity contribution in [3.63, 3.8) is 0 Å². The highest BCUT2D eigenvalue weighted by Gasteiger charge is 2.33. The average Bonchev–Trinajstić information content (AvgIpc) is 2.85. The molecule has 3 N–H and O–H groups in total. The molecule has 2 rings (SSSR count). The van der Waals surface area contributed by atoms with E-state index in [2.05, 4.69) is 15.3 Å². The molecule has 128 valence electrons. The Labute approximate surface area is 139 Å². The molecular weight excluding hydrogens is 324 g/mol. The molecule has 0 bridgehead atoms. The summed E-state index contributed by atoms with van der Waals surface area (Å²) in [4.78, 5) is 31.5. The Kier molecular flexibility index (Phi) is 5.84. The molecule has 23 heavy (non-hydrogen) atoms. The quantitative estimate of drug-likeness (QED) is 0.752. The SMILES string of the molecule is CCCO[C@@H]1CN(C(=O)O)CC[C@@H]1NC(=O)c1nc(Cl)c(C)[nH]1. The number of piperidine rings is 1. The average molecular weight is 345 g/mol. The summed E-state index contributed by atoms with van der Waals surface area (Å²) in [6.07, 6.45) is -0.0551. The second kappa shape index (κ2) is 7.65. The first-order chi connectivity index (χ1) is 10.9. The van der Waals surface area contributed by atoms with E-state index in [9.17, 15) is 9.59 Å². The maximum Gasteiger partial charge on any atom is 0.407 e. The lowest BCUT2D eigenvalue weighted by atomic mass is 10.0. The molecule has 8 nitrogen and oxygen atoms in total. The molecule has 0 radical (unpaired) electrons. The van der Waals surface area contributed by atoms with Crippen LogP contribution >= 0.6 is 11.6 Å². The van der Waals surface area contributed by atoms with Gasteiger partial charge in [-0.1, -0.05) is 18.5 Å². The standard InChI is InChI=1S/C14H21ClN4O4/c1-3-6-23-10-7-19(14(21)22)5-4-9(10)17-13(20)12-16-8(2)11(15)18-12/h9-10H,3-7H2,1-2H3,(H,16,18)(H,17,20)(H,21,22)/t9-,10+/m0/s1. The Morgan fingerprint density at radius 1 is 1.57 bits per heavy atom. The van der Waals surface area contributed by atoms with Gasteiger partial charge in [0.05, 0.1) is 24.4 Å². The van der Waals surface area contributed by atoms with E-state index >= 15 is 0 Å². The van der Waals surface area contributed by atoms with Gasteiger partial charge in [0.1, 0.15) is 0 Å². The first kappa shape index (κ1) is 17.6. The van der Waals surface area contributed by atoms with E-state index in [1.807, 2.05) is 6.92 Å². The molecule has 1 aliphatic heterocycles. The van der Waals surface area contributed by atoms with Crippen LogP contribution in [0.25, 0.3) is 0 Å². The third-order valence-electron chi connectivity index (χ3n) is 3.72. The molecule has 1 aromatic rings. The van der Waals surface area contributed by atoms with Gasteiger partial charge in [-0.2, -0.15) is 0 Å². The Morgan fingerprint density at radius 3 is 2.87 bits per heavy atom. The Balaban J connectivity index is 2.03. The molecule has 0 aromatic carbocycles. The number of carbonyl (C=O) groups is 2. The third-order valence-corrected chi connectivity index (χ3v) is 4.09. The van der Waals surface area contributed by atoms with Crippen molar-refractivity contribution in [2.75, 3.05) is 19.7 Å². The molecule has 2 heterocycles. The van der Waals surface area contributed by atoms with Crippen molar-refractivity contribution in [3.8, 4) is 0 Å². The Hall–Kier alpha value is -1.80. The number of ether oxygens (including phenoxy) is 1. The van der Waals surface area contributed by atoms with Crippen molar-refractivity contribution in [3.05, 3.63) is 16.7 Å². The molecule has 2 atom stereocenters. The van der Waals surface area contributed by atoms with Crippen LogP contribution in [0.5, 0.6) is 0 Å². The highest BCUT2D eigenvalue weighted by atomic mass is 35.5. The van der Waals surface area contributed by atoms with Crippen LogP contribution in [-0.4, -0.2) is 63.8 Å². The number of aromatic nitrogens is 2. The topological polar surface area (TPSA) is 108 Å². The van der Waals surface area contributed by atoms with Gasteiger partial charge >= 0.3 is 6.09 Å². The lowest BCUT2D eigenvalue weighted by molar-refractivity contribution is -0.0162. The van der Waals surface area contributed by atoms with E-state index in [1.54, 1.807) is 6.92 Å². The molecule has 1 fully saturated rings. The molecular formula is C14H21ClN4O4. The Bertz CT molecular complexity index is 558. The largest absolute Gasteiger partial charge is 0.465 e. The van der Waals surface area contributed by atoms with E-state index in [0.717, 1.165) is 6.42 Å². The third kappa shape index (κ3) is 4.35. The van der Waals surface area contributed by atoms with Gasteiger partial charge in [-0.25, -0.2) is 9.78 Å². The monoisotopic (exact) mass is 344 g/mol. The van der Waals surface area contributed by atoms with Crippen LogP contribution in [0.4, 0.5) is 4.79 Å². The van der Waals surface area contributed by atoms with Gasteiger partial charge in [-0.05, 0) is 19.8 Å². The lowest BCUT2D eigenvalue weighted by Crippen LogP contribution is -2.56. The van der Waals surface area contributed by atoms with Crippen LogP contribution in [0, 0.1) is 6.92 Å². The van der Waals surface area contributed by atoms with E-state index in [4.69, 9.17) is 21.4 Å². The fourth-order valence-electron chi connectivity index (χ4n) is 2.48. The zero-order chi connectivity index (χ0) is 17.0. The number of nitrogens with one attached hydrogen (secondary N) is 2. The predicted octanol–water partition coefficient (Wildman–Crippen LogP) is 1.65. The summed E-state index contributed by atoms with van der Waals surface area (Å²) in [6.45, 7) is 4.79. The van der Waals surface area contributed by atoms with Gasteiger partial charge in [-0.3, -0.25) is 4.79 Å². The number of amides is 2. The van der Waals surface area contributed by atoms with Crippen LogP contribution in [0.2, 0.25) is 5.15 Å². The molecule has 0 spiro atoms. The second-order valence-corrected chi connectivity index (χ2v) is 5.87. The number of H-pyrrole nitrogens is 1. The van der Waals surface area contributed by atoms with Crippen molar-refractivity contribution in [1.29, 1.82) is 0 Å². The number of carbonyl (C=O) groups excluding carboxylic acids is 1. The number of carboxylic acid groups (broad SMARTS) is 1. The number of imidazole rings is 1. The summed E-state index contributed by atoms with van der Waals surface area (Å²) in [5, 5.41) is 12.2. The number of likely N-dealkylation sites (tertiary alicyclic amines) is 1. The van der Waals surface area contributed by atoms with E-state index in [0.29, 0.717) is 25.3 Å². The minimum absolute atomic E-state index is 0.141. The number of halogens is 1. The van der Waals surface area contributed by atoms with Crippen LogP contribution in [0.15, 0.2) is 0 Å². The van der Waals surface area contributed by atoms with Crippen molar-refractivity contribution in [1.82, 2.24) is 20.2 Å². The molecule has 0 unspecified atom stereocenters. The van der Waals surface area contributed by atoms with Crippen molar-refractivity contribution >= 4 is 23.6 Å². The number of rotatable bonds is 5. The molecule has 0 saturated carbocycles. The molecule has 2 amide bonds. The number of hydrogen-bond donors (Lipinski definition) is 3. The zero-order valence-electron chi connectivity index (χ0n) is 13.1. The molecule has 0 aliphatic carbocycles. The second-order valence-electron chi connectivity index (χ2n) is 5.51. The summed E-state index contributed by atoms with van der Waals surface area (Å²) in [5.41, 5.74) is 0.622. The van der Waals surface area contributed by atoms with Crippen LogP contribution in [-0.2, 0) is 4.74 Å². The van der Waals surface area contributed by atoms with E-state index in [1.165, 1.54) is 4.90 Å². The number of nitrogens with zero attached hydrogens (tertiary/aromatic N) is 2. The van der Waals surface area contributed by atoms with Gasteiger partial charge in [0.25, 0.3) is 5.91 Å². The number of aryl methyl sites for hydroxylation is 1. The fraction of sp³-hybridized carbons (Fsp3) is 0.643. The minimum atomic E-state index is -0.978. The molecule has 1 aliphatic rings.